The second-order valence-electron chi connectivity index (χ2n) is 3.78. The largest absolute Gasteiger partial charge is 0.480 e. The second-order valence-corrected chi connectivity index (χ2v) is 3.78. The molecular formula is C12H17NO2. The number of carboxylic acids is 1. The van der Waals surface area contributed by atoms with Crippen LogP contribution in [-0.2, 0) is 11.2 Å². The maximum absolute atomic E-state index is 10.6. The maximum Gasteiger partial charge on any atom is 0.323 e. The number of aryl methyl sites for hydroxylation is 2. The zero-order valence-corrected chi connectivity index (χ0v) is 9.45. The smallest absolute Gasteiger partial charge is 0.323 e. The number of likely N-dealkylation sites (N-methyl/N-ethyl adjacent to an activating group) is 1. The molecule has 0 aliphatic carbocycles. The summed E-state index contributed by atoms with van der Waals surface area (Å²) in [5.41, 5.74) is 3.37. The van der Waals surface area contributed by atoms with Gasteiger partial charge in [0.1, 0.15) is 6.54 Å². The van der Waals surface area contributed by atoms with Gasteiger partial charge in [0, 0.05) is 12.7 Å². The van der Waals surface area contributed by atoms with Crippen molar-refractivity contribution in [3.05, 3.63) is 29.3 Å². The molecule has 0 spiro atoms. The highest BCUT2D eigenvalue weighted by molar-refractivity contribution is 5.73. The van der Waals surface area contributed by atoms with Crippen molar-refractivity contribution in [1.82, 2.24) is 0 Å². The van der Waals surface area contributed by atoms with E-state index in [9.17, 15) is 4.79 Å². The van der Waals surface area contributed by atoms with Crippen molar-refractivity contribution in [3.63, 3.8) is 0 Å². The Morgan fingerprint density at radius 3 is 2.60 bits per heavy atom. The third-order valence-electron chi connectivity index (χ3n) is 2.34. The average Bonchev–Trinajstić information content (AvgIpc) is 2.15. The second kappa shape index (κ2) is 4.82. The van der Waals surface area contributed by atoms with Crippen LogP contribution in [0.5, 0.6) is 0 Å². The number of carbonyl (C=O) groups is 1. The topological polar surface area (TPSA) is 40.5 Å². The average molecular weight is 207 g/mol. The molecule has 0 unspecified atom stereocenters. The van der Waals surface area contributed by atoms with Crippen LogP contribution in [0, 0.1) is 6.92 Å². The van der Waals surface area contributed by atoms with Gasteiger partial charge in [-0.25, -0.2) is 0 Å². The summed E-state index contributed by atoms with van der Waals surface area (Å²) >= 11 is 0. The first-order chi connectivity index (χ1) is 7.02. The van der Waals surface area contributed by atoms with Gasteiger partial charge in [-0.15, -0.1) is 0 Å². The van der Waals surface area contributed by atoms with Crippen molar-refractivity contribution in [3.8, 4) is 0 Å². The molecule has 1 N–H and O–H groups in total. The molecule has 0 aliphatic rings. The zero-order chi connectivity index (χ0) is 11.4. The Bertz CT molecular complexity index is 361. The number of aliphatic carboxylic acids is 1. The minimum Gasteiger partial charge on any atom is -0.480 e. The van der Waals surface area contributed by atoms with Crippen molar-refractivity contribution in [2.45, 2.75) is 20.3 Å². The molecule has 0 saturated heterocycles. The molecule has 3 nitrogen and oxygen atoms in total. The van der Waals surface area contributed by atoms with Crippen molar-refractivity contribution in [2.24, 2.45) is 0 Å². The van der Waals surface area contributed by atoms with Gasteiger partial charge in [0.05, 0.1) is 0 Å². The summed E-state index contributed by atoms with van der Waals surface area (Å²) < 4.78 is 0. The first-order valence-corrected chi connectivity index (χ1v) is 5.06. The third kappa shape index (κ3) is 3.27. The number of benzene rings is 1. The predicted molar refractivity (Wildman–Crippen MR) is 61.5 cm³/mol. The molecule has 0 saturated carbocycles. The highest BCUT2D eigenvalue weighted by atomic mass is 16.4. The molecule has 0 amide bonds. The SMILES string of the molecule is CCc1cc(C)cc(N(C)CC(=O)O)c1. The highest BCUT2D eigenvalue weighted by Crippen LogP contribution is 2.18. The fourth-order valence-electron chi connectivity index (χ4n) is 1.56. The van der Waals surface area contributed by atoms with Gasteiger partial charge in [0.15, 0.2) is 0 Å². The van der Waals surface area contributed by atoms with E-state index >= 15 is 0 Å². The monoisotopic (exact) mass is 207 g/mol. The van der Waals surface area contributed by atoms with Crippen LogP contribution < -0.4 is 4.90 Å². The molecule has 1 aromatic carbocycles. The van der Waals surface area contributed by atoms with Crippen molar-refractivity contribution in [2.75, 3.05) is 18.5 Å². The van der Waals surface area contributed by atoms with Gasteiger partial charge in [-0.05, 0) is 36.6 Å². The van der Waals surface area contributed by atoms with Crippen LogP contribution >= 0.6 is 0 Å². The quantitative estimate of drug-likeness (QED) is 0.821. The molecule has 3 heteroatoms. The number of anilines is 1. The fourth-order valence-corrected chi connectivity index (χ4v) is 1.56. The van der Waals surface area contributed by atoms with E-state index in [1.807, 2.05) is 19.1 Å². The summed E-state index contributed by atoms with van der Waals surface area (Å²) in [7, 11) is 1.79. The minimum atomic E-state index is -0.808. The molecule has 0 bridgehead atoms. The predicted octanol–water partition coefficient (Wildman–Crippen LogP) is 2.08. The molecule has 1 aromatic rings. The summed E-state index contributed by atoms with van der Waals surface area (Å²) in [4.78, 5) is 12.3. The van der Waals surface area contributed by atoms with Crippen LogP contribution in [0.1, 0.15) is 18.1 Å². The van der Waals surface area contributed by atoms with E-state index in [4.69, 9.17) is 5.11 Å². The lowest BCUT2D eigenvalue weighted by Gasteiger charge is -2.18. The Balaban J connectivity index is 2.92. The van der Waals surface area contributed by atoms with Crippen LogP contribution in [0.15, 0.2) is 18.2 Å². The third-order valence-corrected chi connectivity index (χ3v) is 2.34. The molecule has 15 heavy (non-hydrogen) atoms. The van der Waals surface area contributed by atoms with Gasteiger partial charge >= 0.3 is 5.97 Å². The summed E-state index contributed by atoms with van der Waals surface area (Å²) in [6.07, 6.45) is 0.968. The van der Waals surface area contributed by atoms with Crippen molar-refractivity contribution < 1.29 is 9.90 Å². The van der Waals surface area contributed by atoms with Gasteiger partial charge < -0.3 is 10.0 Å². The number of hydrogen-bond acceptors (Lipinski definition) is 2. The fraction of sp³-hybridized carbons (Fsp3) is 0.417. The summed E-state index contributed by atoms with van der Waals surface area (Å²) in [5.74, 6) is -0.808. The van der Waals surface area contributed by atoms with Gasteiger partial charge in [-0.2, -0.15) is 0 Å². The van der Waals surface area contributed by atoms with Gasteiger partial charge in [0.25, 0.3) is 0 Å². The lowest BCUT2D eigenvalue weighted by molar-refractivity contribution is -0.135. The standard InChI is InChI=1S/C12H17NO2/c1-4-10-5-9(2)6-11(7-10)13(3)8-12(14)15/h5-7H,4,8H2,1-3H3,(H,14,15). The van der Waals surface area contributed by atoms with Crippen LogP contribution in [-0.4, -0.2) is 24.7 Å². The van der Waals surface area contributed by atoms with Crippen LogP contribution in [0.4, 0.5) is 5.69 Å². The van der Waals surface area contributed by atoms with E-state index in [0.29, 0.717) is 0 Å². The first-order valence-electron chi connectivity index (χ1n) is 5.06. The Morgan fingerprint density at radius 1 is 1.40 bits per heavy atom. The normalized spacial score (nSPS) is 10.1. The molecular weight excluding hydrogens is 190 g/mol. The number of hydrogen-bond donors (Lipinski definition) is 1. The molecule has 0 aromatic heterocycles. The number of rotatable bonds is 4. The molecule has 0 atom stereocenters. The van der Waals surface area contributed by atoms with E-state index in [2.05, 4.69) is 13.0 Å². The van der Waals surface area contributed by atoms with Gasteiger partial charge in [-0.3, -0.25) is 4.79 Å². The molecule has 0 radical (unpaired) electrons. The Kier molecular flexibility index (Phi) is 3.72. The molecule has 0 fully saturated rings. The maximum atomic E-state index is 10.6. The van der Waals surface area contributed by atoms with Crippen molar-refractivity contribution in [1.29, 1.82) is 0 Å². The highest BCUT2D eigenvalue weighted by Gasteiger charge is 2.06. The molecule has 0 aliphatic heterocycles. The summed E-state index contributed by atoms with van der Waals surface area (Å²) in [6, 6.07) is 6.16. The molecule has 0 heterocycles. The Labute approximate surface area is 90.3 Å². The first kappa shape index (κ1) is 11.6. The van der Waals surface area contributed by atoms with E-state index in [0.717, 1.165) is 12.1 Å². The van der Waals surface area contributed by atoms with E-state index in [1.165, 1.54) is 11.1 Å². The molecule has 82 valence electrons. The lowest BCUT2D eigenvalue weighted by atomic mass is 10.1. The van der Waals surface area contributed by atoms with Gasteiger partial charge in [-0.1, -0.05) is 13.0 Å². The number of nitrogens with zero attached hydrogens (tertiary/aromatic N) is 1. The molecule has 1 rings (SSSR count). The lowest BCUT2D eigenvalue weighted by Crippen LogP contribution is -2.25. The number of carboxylic acid groups (broad SMARTS) is 1. The van der Waals surface area contributed by atoms with Crippen LogP contribution in [0.25, 0.3) is 0 Å². The summed E-state index contributed by atoms with van der Waals surface area (Å²) in [5, 5.41) is 8.70. The Morgan fingerprint density at radius 2 is 2.07 bits per heavy atom. The van der Waals surface area contributed by atoms with Gasteiger partial charge in [0.2, 0.25) is 0 Å². The minimum absolute atomic E-state index is 0.0343. The zero-order valence-electron chi connectivity index (χ0n) is 9.45. The Hall–Kier alpha value is -1.51. The van der Waals surface area contributed by atoms with E-state index in [-0.39, 0.29) is 6.54 Å². The van der Waals surface area contributed by atoms with E-state index in [1.54, 1.807) is 11.9 Å². The van der Waals surface area contributed by atoms with E-state index < -0.39 is 5.97 Å². The van der Waals surface area contributed by atoms with Crippen LogP contribution in [0.2, 0.25) is 0 Å². The van der Waals surface area contributed by atoms with Crippen molar-refractivity contribution >= 4 is 11.7 Å². The summed E-state index contributed by atoms with van der Waals surface area (Å²) in [6.45, 7) is 4.15. The van der Waals surface area contributed by atoms with Crippen LogP contribution in [0.3, 0.4) is 0 Å².